The van der Waals surface area contributed by atoms with Crippen molar-refractivity contribution < 1.29 is 9.15 Å². The van der Waals surface area contributed by atoms with Crippen LogP contribution in [0.4, 0.5) is 0 Å². The second kappa shape index (κ2) is 4.85. The van der Waals surface area contributed by atoms with Crippen molar-refractivity contribution in [3.8, 4) is 17.1 Å². The fourth-order valence-electron chi connectivity index (χ4n) is 2.35. The summed E-state index contributed by atoms with van der Waals surface area (Å²) in [7, 11) is 1.61. The number of hydrogen-bond acceptors (Lipinski definition) is 3. The van der Waals surface area contributed by atoms with Crippen molar-refractivity contribution in [3.05, 3.63) is 64.5 Å². The van der Waals surface area contributed by atoms with Crippen molar-refractivity contribution in [2.75, 3.05) is 7.11 Å². The van der Waals surface area contributed by atoms with E-state index < -0.39 is 0 Å². The van der Waals surface area contributed by atoms with Gasteiger partial charge in [0.05, 0.1) is 12.5 Å². The summed E-state index contributed by atoms with van der Waals surface area (Å²) in [5.74, 6) is 1.33. The van der Waals surface area contributed by atoms with Gasteiger partial charge in [-0.25, -0.2) is 4.79 Å². The van der Waals surface area contributed by atoms with Crippen molar-refractivity contribution in [3.63, 3.8) is 0 Å². The third kappa shape index (κ3) is 1.97. The lowest BCUT2D eigenvalue weighted by molar-refractivity contribution is 0.415. The summed E-state index contributed by atoms with van der Waals surface area (Å²) in [6.45, 7) is 1.95. The summed E-state index contributed by atoms with van der Waals surface area (Å²) in [6.07, 6.45) is 0. The van der Waals surface area contributed by atoms with Crippen LogP contribution in [0.5, 0.6) is 5.75 Å². The SMILES string of the molecule is COc1ccc2c(=O)oc(-c3ccccc3)c(C)c2c1. The fourth-order valence-corrected chi connectivity index (χ4v) is 2.35. The smallest absolute Gasteiger partial charge is 0.344 e. The number of rotatable bonds is 2. The van der Waals surface area contributed by atoms with Gasteiger partial charge < -0.3 is 9.15 Å². The fraction of sp³-hybridized carbons (Fsp3) is 0.118. The molecule has 0 radical (unpaired) electrons. The lowest BCUT2D eigenvalue weighted by Crippen LogP contribution is -2.03. The maximum atomic E-state index is 12.1. The standard InChI is InChI=1S/C17H14O3/c1-11-15-10-13(19-2)8-9-14(15)17(18)20-16(11)12-6-4-3-5-7-12/h3-10H,1-2H3. The predicted molar refractivity (Wildman–Crippen MR) is 79.2 cm³/mol. The molecule has 1 heterocycles. The van der Waals surface area contributed by atoms with Crippen LogP contribution < -0.4 is 10.4 Å². The molecule has 0 saturated heterocycles. The van der Waals surface area contributed by atoms with Crippen LogP contribution in [-0.2, 0) is 0 Å². The average molecular weight is 266 g/mol. The van der Waals surface area contributed by atoms with Gasteiger partial charge in [-0.05, 0) is 30.5 Å². The zero-order valence-electron chi connectivity index (χ0n) is 11.3. The second-order valence-electron chi connectivity index (χ2n) is 4.62. The zero-order chi connectivity index (χ0) is 14.1. The first-order chi connectivity index (χ1) is 9.70. The highest BCUT2D eigenvalue weighted by Gasteiger charge is 2.12. The molecule has 3 aromatic rings. The van der Waals surface area contributed by atoms with Crippen LogP contribution >= 0.6 is 0 Å². The van der Waals surface area contributed by atoms with Crippen LogP contribution in [0, 0.1) is 6.92 Å². The lowest BCUT2D eigenvalue weighted by atomic mass is 10.0. The van der Waals surface area contributed by atoms with Crippen molar-refractivity contribution in [2.45, 2.75) is 6.92 Å². The summed E-state index contributed by atoms with van der Waals surface area (Å²) in [4.78, 5) is 12.1. The van der Waals surface area contributed by atoms with E-state index in [2.05, 4.69) is 0 Å². The zero-order valence-corrected chi connectivity index (χ0v) is 11.3. The number of benzene rings is 2. The molecule has 3 rings (SSSR count). The first kappa shape index (κ1) is 12.5. The molecule has 20 heavy (non-hydrogen) atoms. The van der Waals surface area contributed by atoms with Crippen LogP contribution in [0.3, 0.4) is 0 Å². The van der Waals surface area contributed by atoms with Crippen LogP contribution in [0.15, 0.2) is 57.7 Å². The van der Waals surface area contributed by atoms with Crippen molar-refractivity contribution in [1.29, 1.82) is 0 Å². The highest BCUT2D eigenvalue weighted by molar-refractivity contribution is 5.89. The molecule has 0 bridgehead atoms. The van der Waals surface area contributed by atoms with E-state index in [1.807, 2.05) is 43.3 Å². The Morgan fingerprint density at radius 3 is 2.45 bits per heavy atom. The van der Waals surface area contributed by atoms with Gasteiger partial charge in [0.1, 0.15) is 11.5 Å². The monoisotopic (exact) mass is 266 g/mol. The van der Waals surface area contributed by atoms with Crippen molar-refractivity contribution in [2.24, 2.45) is 0 Å². The van der Waals surface area contributed by atoms with Crippen LogP contribution in [-0.4, -0.2) is 7.11 Å². The molecule has 0 amide bonds. The minimum absolute atomic E-state index is 0.327. The van der Waals surface area contributed by atoms with E-state index in [1.165, 1.54) is 0 Å². The summed E-state index contributed by atoms with van der Waals surface area (Å²) < 4.78 is 10.7. The number of methoxy groups -OCH3 is 1. The van der Waals surface area contributed by atoms with Gasteiger partial charge in [0, 0.05) is 11.1 Å². The molecule has 0 aliphatic rings. The topological polar surface area (TPSA) is 39.4 Å². The summed E-state index contributed by atoms with van der Waals surface area (Å²) >= 11 is 0. The Balaban J connectivity index is 2.35. The van der Waals surface area contributed by atoms with E-state index in [9.17, 15) is 4.79 Å². The predicted octanol–water partition coefficient (Wildman–Crippen LogP) is 3.78. The normalized spacial score (nSPS) is 10.7. The molecule has 0 unspecified atom stereocenters. The van der Waals surface area contributed by atoms with Gasteiger partial charge in [-0.3, -0.25) is 0 Å². The van der Waals surface area contributed by atoms with Gasteiger partial charge in [-0.15, -0.1) is 0 Å². The summed E-state index contributed by atoms with van der Waals surface area (Å²) in [6, 6.07) is 15.0. The lowest BCUT2D eigenvalue weighted by Gasteiger charge is -2.09. The second-order valence-corrected chi connectivity index (χ2v) is 4.62. The number of fused-ring (bicyclic) bond motifs is 1. The number of aryl methyl sites for hydroxylation is 1. The van der Waals surface area contributed by atoms with E-state index >= 15 is 0 Å². The minimum Gasteiger partial charge on any atom is -0.497 e. The molecular weight excluding hydrogens is 252 g/mol. The van der Waals surface area contributed by atoms with Crippen LogP contribution in [0.2, 0.25) is 0 Å². The van der Waals surface area contributed by atoms with Crippen molar-refractivity contribution in [1.82, 2.24) is 0 Å². The van der Waals surface area contributed by atoms with Crippen molar-refractivity contribution >= 4 is 10.8 Å². The van der Waals surface area contributed by atoms with Gasteiger partial charge >= 0.3 is 5.63 Å². The quantitative estimate of drug-likeness (QED) is 0.708. The maximum Gasteiger partial charge on any atom is 0.344 e. The third-order valence-corrected chi connectivity index (χ3v) is 3.42. The molecule has 1 aromatic heterocycles. The molecule has 3 nitrogen and oxygen atoms in total. The molecular formula is C17H14O3. The van der Waals surface area contributed by atoms with E-state index in [0.717, 1.165) is 22.3 Å². The average Bonchev–Trinajstić information content (AvgIpc) is 2.51. The Bertz CT molecular complexity index is 817. The van der Waals surface area contributed by atoms with Gasteiger partial charge in [0.25, 0.3) is 0 Å². The Morgan fingerprint density at radius 1 is 1.00 bits per heavy atom. The summed E-state index contributed by atoms with van der Waals surface area (Å²) in [5.41, 5.74) is 1.50. The first-order valence-corrected chi connectivity index (χ1v) is 6.37. The molecule has 100 valence electrons. The van der Waals surface area contributed by atoms with Gasteiger partial charge in [0.15, 0.2) is 0 Å². The Hall–Kier alpha value is -2.55. The third-order valence-electron chi connectivity index (χ3n) is 3.42. The summed E-state index contributed by atoms with van der Waals surface area (Å²) in [5, 5.41) is 1.43. The Kier molecular flexibility index (Phi) is 3.03. The van der Waals surface area contributed by atoms with E-state index in [0.29, 0.717) is 11.1 Å². The first-order valence-electron chi connectivity index (χ1n) is 6.37. The van der Waals surface area contributed by atoms with E-state index in [4.69, 9.17) is 9.15 Å². The minimum atomic E-state index is -0.327. The molecule has 0 atom stereocenters. The largest absolute Gasteiger partial charge is 0.497 e. The Morgan fingerprint density at radius 2 is 1.75 bits per heavy atom. The van der Waals surface area contributed by atoms with Gasteiger partial charge in [-0.2, -0.15) is 0 Å². The molecule has 0 spiro atoms. The molecule has 0 N–H and O–H groups in total. The van der Waals surface area contributed by atoms with Gasteiger partial charge in [-0.1, -0.05) is 30.3 Å². The van der Waals surface area contributed by atoms with Gasteiger partial charge in [0.2, 0.25) is 0 Å². The molecule has 2 aromatic carbocycles. The van der Waals surface area contributed by atoms with Crippen LogP contribution in [0.25, 0.3) is 22.1 Å². The van der Waals surface area contributed by atoms with E-state index in [-0.39, 0.29) is 5.63 Å². The molecule has 3 heteroatoms. The molecule has 0 saturated carbocycles. The Labute approximate surface area is 116 Å². The van der Waals surface area contributed by atoms with E-state index in [1.54, 1.807) is 19.2 Å². The maximum absolute atomic E-state index is 12.1. The number of ether oxygens (including phenoxy) is 1. The molecule has 0 fully saturated rings. The highest BCUT2D eigenvalue weighted by atomic mass is 16.5. The molecule has 0 aliphatic heterocycles. The number of hydrogen-bond donors (Lipinski definition) is 0. The van der Waals surface area contributed by atoms with Crippen LogP contribution in [0.1, 0.15) is 5.56 Å². The molecule has 0 aliphatic carbocycles. The highest BCUT2D eigenvalue weighted by Crippen LogP contribution is 2.29.